The van der Waals surface area contributed by atoms with Crippen molar-refractivity contribution in [1.82, 2.24) is 29.7 Å². The van der Waals surface area contributed by atoms with Gasteiger partial charge in [-0.05, 0) is 32.9 Å². The van der Waals surface area contributed by atoms with Crippen molar-refractivity contribution in [1.29, 1.82) is 0 Å². The molecule has 26 heavy (non-hydrogen) atoms. The van der Waals surface area contributed by atoms with Gasteiger partial charge < -0.3 is 5.32 Å². The summed E-state index contributed by atoms with van der Waals surface area (Å²) in [4.78, 5) is 16.4. The second kappa shape index (κ2) is 6.43. The first kappa shape index (κ1) is 17.9. The summed E-state index contributed by atoms with van der Waals surface area (Å²) in [6.45, 7) is 5.82. The lowest BCUT2D eigenvalue weighted by Gasteiger charge is -2.10. The van der Waals surface area contributed by atoms with Gasteiger partial charge >= 0.3 is 6.18 Å². The van der Waals surface area contributed by atoms with E-state index in [1.54, 1.807) is 23.9 Å². The van der Waals surface area contributed by atoms with Crippen molar-refractivity contribution < 1.29 is 18.0 Å². The molecule has 1 N–H and O–H groups in total. The Morgan fingerprint density at radius 3 is 2.65 bits per heavy atom. The Balaban J connectivity index is 1.89. The van der Waals surface area contributed by atoms with Crippen LogP contribution in [0.15, 0.2) is 24.4 Å². The van der Waals surface area contributed by atoms with Crippen molar-refractivity contribution in [3.63, 3.8) is 0 Å². The second-order valence-corrected chi connectivity index (χ2v) is 5.87. The average Bonchev–Trinajstić information content (AvgIpc) is 3.19. The molecule has 0 aliphatic heterocycles. The standard InChI is InChI=1S/C16H17F3N6O/c1-4-24-6-5-11(22-24)10(3)21-15(26)12-8-14-20-9(2)7-13(16(17,18)19)25(14)23-12/h5-8,10H,4H2,1-3H3,(H,21,26). The van der Waals surface area contributed by atoms with E-state index in [1.165, 1.54) is 13.0 Å². The Kier molecular flexibility index (Phi) is 4.43. The summed E-state index contributed by atoms with van der Waals surface area (Å²) >= 11 is 0. The van der Waals surface area contributed by atoms with E-state index in [0.717, 1.165) is 6.07 Å². The van der Waals surface area contributed by atoms with Gasteiger partial charge in [0.05, 0.1) is 11.7 Å². The highest BCUT2D eigenvalue weighted by molar-refractivity contribution is 5.93. The normalized spacial score (nSPS) is 13.2. The largest absolute Gasteiger partial charge is 0.433 e. The van der Waals surface area contributed by atoms with Crippen LogP contribution in [0, 0.1) is 6.92 Å². The lowest BCUT2D eigenvalue weighted by atomic mass is 10.2. The fourth-order valence-corrected chi connectivity index (χ4v) is 2.54. The molecular formula is C16H17F3N6O. The van der Waals surface area contributed by atoms with Crippen LogP contribution >= 0.6 is 0 Å². The molecule has 0 fully saturated rings. The summed E-state index contributed by atoms with van der Waals surface area (Å²) in [6, 6.07) is 3.47. The minimum absolute atomic E-state index is 0.0367. The van der Waals surface area contributed by atoms with Crippen LogP contribution in [0.4, 0.5) is 13.2 Å². The first-order chi connectivity index (χ1) is 12.2. The molecule has 0 aliphatic carbocycles. The number of nitrogens with zero attached hydrogens (tertiary/aromatic N) is 5. The van der Waals surface area contributed by atoms with Crippen LogP contribution in [0.5, 0.6) is 0 Å². The maximum absolute atomic E-state index is 13.2. The molecule has 3 aromatic rings. The van der Waals surface area contributed by atoms with Gasteiger partial charge in [-0.25, -0.2) is 9.50 Å². The van der Waals surface area contributed by atoms with Gasteiger partial charge in [0.25, 0.3) is 5.91 Å². The van der Waals surface area contributed by atoms with Crippen LogP contribution < -0.4 is 5.32 Å². The number of fused-ring (bicyclic) bond motifs is 1. The van der Waals surface area contributed by atoms with E-state index in [0.29, 0.717) is 16.8 Å². The number of amides is 1. The number of aryl methyl sites for hydroxylation is 2. The molecule has 0 aromatic carbocycles. The van der Waals surface area contributed by atoms with Gasteiger partial charge in [-0.15, -0.1) is 0 Å². The van der Waals surface area contributed by atoms with Crippen LogP contribution in [0.3, 0.4) is 0 Å². The first-order valence-corrected chi connectivity index (χ1v) is 7.98. The fourth-order valence-electron chi connectivity index (χ4n) is 2.54. The van der Waals surface area contributed by atoms with E-state index in [-0.39, 0.29) is 17.0 Å². The second-order valence-electron chi connectivity index (χ2n) is 5.87. The molecule has 10 heteroatoms. The Labute approximate surface area is 146 Å². The number of aromatic nitrogens is 5. The molecule has 0 aliphatic rings. The van der Waals surface area contributed by atoms with E-state index in [2.05, 4.69) is 20.5 Å². The molecule has 138 valence electrons. The van der Waals surface area contributed by atoms with Gasteiger partial charge in [0.1, 0.15) is 5.69 Å². The van der Waals surface area contributed by atoms with Crippen LogP contribution in [-0.4, -0.2) is 30.3 Å². The zero-order valence-corrected chi connectivity index (χ0v) is 14.4. The summed E-state index contributed by atoms with van der Waals surface area (Å²) in [6.07, 6.45) is -2.82. The first-order valence-electron chi connectivity index (χ1n) is 7.98. The zero-order valence-electron chi connectivity index (χ0n) is 14.4. The SMILES string of the molecule is CCn1ccc(C(C)NC(=O)c2cc3nc(C)cc(C(F)(F)F)n3n2)n1. The summed E-state index contributed by atoms with van der Waals surface area (Å²) in [5.74, 6) is -0.597. The number of carbonyl (C=O) groups excluding carboxylic acids is 1. The van der Waals surface area contributed by atoms with Crippen molar-refractivity contribution in [2.75, 3.05) is 0 Å². The molecule has 0 saturated heterocycles. The third kappa shape index (κ3) is 3.39. The number of nitrogens with one attached hydrogen (secondary N) is 1. The molecule has 0 saturated carbocycles. The lowest BCUT2D eigenvalue weighted by molar-refractivity contribution is -0.142. The van der Waals surface area contributed by atoms with Crippen molar-refractivity contribution in [3.8, 4) is 0 Å². The highest BCUT2D eigenvalue weighted by atomic mass is 19.4. The Bertz CT molecular complexity index is 959. The molecule has 1 atom stereocenters. The molecule has 7 nitrogen and oxygen atoms in total. The number of halogens is 3. The summed E-state index contributed by atoms with van der Waals surface area (Å²) in [7, 11) is 0. The van der Waals surface area contributed by atoms with Crippen LogP contribution in [0.1, 0.15) is 47.5 Å². The number of carbonyl (C=O) groups is 1. The number of hydrogen-bond acceptors (Lipinski definition) is 4. The van der Waals surface area contributed by atoms with Gasteiger partial charge in [0, 0.05) is 24.5 Å². The molecule has 3 heterocycles. The van der Waals surface area contributed by atoms with Crippen molar-refractivity contribution in [2.24, 2.45) is 0 Å². The smallest absolute Gasteiger partial charge is 0.342 e. The lowest BCUT2D eigenvalue weighted by Crippen LogP contribution is -2.27. The third-order valence-corrected chi connectivity index (χ3v) is 3.85. The highest BCUT2D eigenvalue weighted by Crippen LogP contribution is 2.29. The molecule has 3 rings (SSSR count). The molecule has 0 bridgehead atoms. The molecule has 1 amide bonds. The topological polar surface area (TPSA) is 77.1 Å². The van der Waals surface area contributed by atoms with Gasteiger partial charge in [-0.3, -0.25) is 9.48 Å². The van der Waals surface area contributed by atoms with Crippen LogP contribution in [0.2, 0.25) is 0 Å². The number of alkyl halides is 3. The van der Waals surface area contributed by atoms with Crippen LogP contribution in [0.25, 0.3) is 5.65 Å². The van der Waals surface area contributed by atoms with Gasteiger partial charge in [-0.2, -0.15) is 23.4 Å². The Morgan fingerprint density at radius 1 is 1.31 bits per heavy atom. The zero-order chi connectivity index (χ0) is 19.1. The summed E-state index contributed by atoms with van der Waals surface area (Å²) < 4.78 is 41.9. The van der Waals surface area contributed by atoms with E-state index in [4.69, 9.17) is 0 Å². The highest BCUT2D eigenvalue weighted by Gasteiger charge is 2.35. The third-order valence-electron chi connectivity index (χ3n) is 3.85. The summed E-state index contributed by atoms with van der Waals surface area (Å²) in [5.41, 5.74) is -0.321. The van der Waals surface area contributed by atoms with Gasteiger partial charge in [0.2, 0.25) is 0 Å². The average molecular weight is 366 g/mol. The van der Waals surface area contributed by atoms with Crippen molar-refractivity contribution in [3.05, 3.63) is 47.2 Å². The Morgan fingerprint density at radius 2 is 2.04 bits per heavy atom. The quantitative estimate of drug-likeness (QED) is 0.770. The molecule has 1 unspecified atom stereocenters. The Hall–Kier alpha value is -2.91. The maximum atomic E-state index is 13.2. The molecule has 0 spiro atoms. The predicted molar refractivity (Wildman–Crippen MR) is 86.5 cm³/mol. The predicted octanol–water partition coefficient (Wildman–Crippen LogP) is 2.76. The number of hydrogen-bond donors (Lipinski definition) is 1. The number of rotatable bonds is 4. The van der Waals surface area contributed by atoms with Crippen molar-refractivity contribution >= 4 is 11.6 Å². The van der Waals surface area contributed by atoms with E-state index in [1.807, 2.05) is 6.92 Å². The van der Waals surface area contributed by atoms with Crippen molar-refractivity contribution in [2.45, 2.75) is 39.5 Å². The van der Waals surface area contributed by atoms with Gasteiger partial charge in [-0.1, -0.05) is 0 Å². The maximum Gasteiger partial charge on any atom is 0.433 e. The molecule has 3 aromatic heterocycles. The van der Waals surface area contributed by atoms with E-state index < -0.39 is 23.8 Å². The van der Waals surface area contributed by atoms with Gasteiger partial charge in [0.15, 0.2) is 11.3 Å². The van der Waals surface area contributed by atoms with E-state index >= 15 is 0 Å². The molecular weight excluding hydrogens is 349 g/mol. The minimum Gasteiger partial charge on any atom is -0.342 e. The fraction of sp³-hybridized carbons (Fsp3) is 0.375. The minimum atomic E-state index is -4.61. The monoisotopic (exact) mass is 366 g/mol. The summed E-state index contributed by atoms with van der Waals surface area (Å²) in [5, 5.41) is 10.8. The van der Waals surface area contributed by atoms with Crippen LogP contribution in [-0.2, 0) is 12.7 Å². The molecule has 0 radical (unpaired) electrons. The van der Waals surface area contributed by atoms with E-state index in [9.17, 15) is 18.0 Å².